The van der Waals surface area contributed by atoms with E-state index >= 15 is 0 Å². The van der Waals surface area contributed by atoms with E-state index in [2.05, 4.69) is 21.2 Å². The Bertz CT molecular complexity index is 676. The lowest BCUT2D eigenvalue weighted by Crippen LogP contribution is -2.35. The van der Waals surface area contributed by atoms with Crippen LogP contribution >= 0.6 is 27.7 Å². The largest absolute Gasteiger partial charge is 0.460 e. The molecule has 0 aliphatic rings. The second kappa shape index (κ2) is 9.49. The maximum Gasteiger partial charge on any atom is 0.325 e. The molecule has 1 N–H and O–H groups in total. The second-order valence-corrected chi connectivity index (χ2v) is 7.41. The van der Waals surface area contributed by atoms with Crippen molar-refractivity contribution in [3.8, 4) is 0 Å². The van der Waals surface area contributed by atoms with Crippen LogP contribution in [0.4, 0.5) is 0 Å². The molecule has 0 saturated heterocycles. The molecule has 0 saturated carbocycles. The number of carbonyl (C=O) groups excluding carboxylic acids is 2. The van der Waals surface area contributed by atoms with Gasteiger partial charge in [-0.05, 0) is 36.8 Å². The Morgan fingerprint density at radius 2 is 1.79 bits per heavy atom. The maximum atomic E-state index is 12.0. The van der Waals surface area contributed by atoms with Crippen molar-refractivity contribution in [3.05, 3.63) is 64.6 Å². The Morgan fingerprint density at radius 1 is 1.12 bits per heavy atom. The van der Waals surface area contributed by atoms with Crippen molar-refractivity contribution in [2.45, 2.75) is 23.7 Å². The molecule has 0 aliphatic carbocycles. The van der Waals surface area contributed by atoms with Crippen LogP contribution < -0.4 is 5.32 Å². The van der Waals surface area contributed by atoms with E-state index in [1.54, 1.807) is 6.92 Å². The molecule has 2 aromatic carbocycles. The van der Waals surface area contributed by atoms with Crippen LogP contribution in [0.3, 0.4) is 0 Å². The minimum atomic E-state index is -0.451. The molecule has 2 rings (SSSR count). The number of hydrogen-bond acceptors (Lipinski definition) is 4. The number of carbonyl (C=O) groups is 2. The van der Waals surface area contributed by atoms with E-state index in [1.165, 1.54) is 11.8 Å². The van der Waals surface area contributed by atoms with Crippen molar-refractivity contribution in [1.29, 1.82) is 0 Å². The molecule has 0 heterocycles. The molecular weight excluding hydrogens is 390 g/mol. The maximum absolute atomic E-state index is 12.0. The summed E-state index contributed by atoms with van der Waals surface area (Å²) in [5, 5.41) is 2.31. The number of amides is 1. The zero-order valence-electron chi connectivity index (χ0n) is 13.2. The molecule has 1 amide bonds. The molecular formula is C18H18BrNO3S. The highest BCUT2D eigenvalue weighted by Gasteiger charge is 2.15. The molecule has 126 valence electrons. The lowest BCUT2D eigenvalue weighted by Gasteiger charge is -2.12. The Kier molecular flexibility index (Phi) is 7.34. The molecule has 0 radical (unpaired) electrons. The minimum Gasteiger partial charge on any atom is -0.460 e. The Balaban J connectivity index is 1.71. The molecule has 0 fully saturated rings. The zero-order valence-corrected chi connectivity index (χ0v) is 15.6. The van der Waals surface area contributed by atoms with Gasteiger partial charge in [0.25, 0.3) is 0 Å². The summed E-state index contributed by atoms with van der Waals surface area (Å²) in [7, 11) is 0. The Labute approximate surface area is 154 Å². The fourth-order valence-corrected chi connectivity index (χ4v) is 3.02. The van der Waals surface area contributed by atoms with E-state index in [1.807, 2.05) is 54.6 Å². The van der Waals surface area contributed by atoms with Crippen molar-refractivity contribution >= 4 is 39.6 Å². The highest BCUT2D eigenvalue weighted by molar-refractivity contribution is 9.10. The Morgan fingerprint density at radius 3 is 2.46 bits per heavy atom. The van der Waals surface area contributed by atoms with Gasteiger partial charge in [0.05, 0.1) is 5.25 Å². The van der Waals surface area contributed by atoms with Crippen LogP contribution in [0.1, 0.15) is 12.5 Å². The van der Waals surface area contributed by atoms with Crippen LogP contribution in [0.25, 0.3) is 0 Å². The van der Waals surface area contributed by atoms with Gasteiger partial charge in [-0.1, -0.05) is 46.3 Å². The summed E-state index contributed by atoms with van der Waals surface area (Å²) in [6, 6.07) is 17.1. The highest BCUT2D eigenvalue weighted by atomic mass is 79.9. The van der Waals surface area contributed by atoms with E-state index in [9.17, 15) is 9.59 Å². The summed E-state index contributed by atoms with van der Waals surface area (Å²) in [6.45, 7) is 1.88. The summed E-state index contributed by atoms with van der Waals surface area (Å²) in [6.07, 6.45) is 0. The number of thioether (sulfide) groups is 1. The first-order valence-corrected chi connectivity index (χ1v) is 9.11. The van der Waals surface area contributed by atoms with Crippen LogP contribution in [0.5, 0.6) is 0 Å². The Hall–Kier alpha value is -1.79. The first kappa shape index (κ1) is 18.5. The fourth-order valence-electron chi connectivity index (χ4n) is 1.86. The highest BCUT2D eigenvalue weighted by Crippen LogP contribution is 2.24. The number of ether oxygens (including phenoxy) is 1. The van der Waals surface area contributed by atoms with Gasteiger partial charge in [-0.25, -0.2) is 0 Å². The van der Waals surface area contributed by atoms with Gasteiger partial charge in [-0.2, -0.15) is 0 Å². The van der Waals surface area contributed by atoms with Crippen LogP contribution in [0, 0.1) is 0 Å². The number of benzene rings is 2. The predicted octanol–water partition coefficient (Wildman–Crippen LogP) is 3.79. The van der Waals surface area contributed by atoms with Gasteiger partial charge < -0.3 is 10.1 Å². The summed E-state index contributed by atoms with van der Waals surface area (Å²) in [5.41, 5.74) is 0.913. The number of nitrogens with one attached hydrogen (secondary N) is 1. The first-order chi connectivity index (χ1) is 11.5. The van der Waals surface area contributed by atoms with Crippen molar-refractivity contribution in [2.75, 3.05) is 6.54 Å². The van der Waals surface area contributed by atoms with Gasteiger partial charge in [-0.3, -0.25) is 9.59 Å². The molecule has 24 heavy (non-hydrogen) atoms. The van der Waals surface area contributed by atoms with E-state index in [4.69, 9.17) is 4.74 Å². The van der Waals surface area contributed by atoms with Crippen LogP contribution in [0.15, 0.2) is 64.0 Å². The quantitative estimate of drug-likeness (QED) is 0.560. The molecule has 4 nitrogen and oxygen atoms in total. The summed E-state index contributed by atoms with van der Waals surface area (Å²) in [4.78, 5) is 24.7. The van der Waals surface area contributed by atoms with E-state index in [0.29, 0.717) is 0 Å². The van der Waals surface area contributed by atoms with Crippen molar-refractivity contribution in [2.24, 2.45) is 0 Å². The van der Waals surface area contributed by atoms with Crippen molar-refractivity contribution in [1.82, 2.24) is 5.32 Å². The van der Waals surface area contributed by atoms with Crippen LogP contribution in [-0.2, 0) is 20.9 Å². The third-order valence-electron chi connectivity index (χ3n) is 3.15. The number of halogens is 1. The molecule has 0 aliphatic heterocycles. The molecule has 2 aromatic rings. The van der Waals surface area contributed by atoms with Crippen LogP contribution in [0.2, 0.25) is 0 Å². The van der Waals surface area contributed by atoms with Gasteiger partial charge >= 0.3 is 5.97 Å². The van der Waals surface area contributed by atoms with Crippen LogP contribution in [-0.4, -0.2) is 23.7 Å². The molecule has 1 unspecified atom stereocenters. The predicted molar refractivity (Wildman–Crippen MR) is 98.7 cm³/mol. The second-order valence-electron chi connectivity index (χ2n) is 5.08. The molecule has 1 atom stereocenters. The van der Waals surface area contributed by atoms with Crippen molar-refractivity contribution < 1.29 is 14.3 Å². The van der Waals surface area contributed by atoms with Gasteiger partial charge in [0.15, 0.2) is 0 Å². The smallest absolute Gasteiger partial charge is 0.325 e. The fraction of sp³-hybridized carbons (Fsp3) is 0.222. The molecule has 0 aromatic heterocycles. The van der Waals surface area contributed by atoms with E-state index in [0.717, 1.165) is 14.9 Å². The number of esters is 1. The number of rotatable bonds is 7. The SMILES string of the molecule is CC(Sc1ccc(Br)cc1)C(=O)NCC(=O)OCc1ccccc1. The van der Waals surface area contributed by atoms with Gasteiger partial charge in [0.1, 0.15) is 13.2 Å². The monoisotopic (exact) mass is 407 g/mol. The summed E-state index contributed by atoms with van der Waals surface area (Å²) >= 11 is 4.81. The lowest BCUT2D eigenvalue weighted by molar-refractivity contribution is -0.145. The topological polar surface area (TPSA) is 55.4 Å². The third kappa shape index (κ3) is 6.37. The molecule has 6 heteroatoms. The minimum absolute atomic E-state index is 0.128. The molecule has 0 bridgehead atoms. The standard InChI is InChI=1S/C18H18BrNO3S/c1-13(24-16-9-7-15(19)8-10-16)18(22)20-11-17(21)23-12-14-5-3-2-4-6-14/h2-10,13H,11-12H2,1H3,(H,20,22). The average Bonchev–Trinajstić information content (AvgIpc) is 2.60. The van der Waals surface area contributed by atoms with E-state index < -0.39 is 5.97 Å². The van der Waals surface area contributed by atoms with Gasteiger partial charge in [0, 0.05) is 9.37 Å². The lowest BCUT2D eigenvalue weighted by atomic mass is 10.2. The van der Waals surface area contributed by atoms with Gasteiger partial charge in [0.2, 0.25) is 5.91 Å². The summed E-state index contributed by atoms with van der Waals surface area (Å²) < 4.78 is 6.11. The first-order valence-electron chi connectivity index (χ1n) is 7.44. The average molecular weight is 408 g/mol. The third-order valence-corrected chi connectivity index (χ3v) is 4.79. The van der Waals surface area contributed by atoms with Crippen molar-refractivity contribution in [3.63, 3.8) is 0 Å². The normalized spacial score (nSPS) is 11.6. The zero-order chi connectivity index (χ0) is 17.4. The molecule has 0 spiro atoms. The van der Waals surface area contributed by atoms with E-state index in [-0.39, 0.29) is 24.3 Å². The van der Waals surface area contributed by atoms with Gasteiger partial charge in [-0.15, -0.1) is 11.8 Å². The number of hydrogen-bond donors (Lipinski definition) is 1. The summed E-state index contributed by atoms with van der Waals surface area (Å²) in [5.74, 6) is -0.646.